The molecule has 0 atom stereocenters. The molecule has 1 N–H and O–H groups in total. The van der Waals surface area contributed by atoms with E-state index in [0.29, 0.717) is 16.5 Å². The number of benzene rings is 1. The molecule has 1 heterocycles. The van der Waals surface area contributed by atoms with Crippen LogP contribution in [0.5, 0.6) is 11.5 Å². The van der Waals surface area contributed by atoms with Gasteiger partial charge in [-0.15, -0.1) is 0 Å². The number of halogens is 3. The topological polar surface area (TPSA) is 43.0 Å². The first-order valence-electron chi connectivity index (χ1n) is 7.66. The quantitative estimate of drug-likeness (QED) is 0.454. The van der Waals surface area contributed by atoms with Crippen molar-refractivity contribution in [2.24, 2.45) is 0 Å². The van der Waals surface area contributed by atoms with Gasteiger partial charge in [-0.25, -0.2) is 0 Å². The van der Waals surface area contributed by atoms with Crippen LogP contribution < -0.4 is 39.6 Å². The molecule has 0 aliphatic carbocycles. The summed E-state index contributed by atoms with van der Waals surface area (Å²) in [6, 6.07) is 3.87. The predicted molar refractivity (Wildman–Crippen MR) is 88.1 cm³/mol. The van der Waals surface area contributed by atoms with Gasteiger partial charge < -0.3 is 44.3 Å². The van der Waals surface area contributed by atoms with Crippen molar-refractivity contribution in [1.29, 1.82) is 0 Å². The SMILES string of the molecule is COc1cc(CNCCCN2CCOCC2)cc(Cl)c1OC.[Cl-].[Cl-]. The number of nitrogens with one attached hydrogen (secondary N) is 1. The number of rotatable bonds is 8. The fraction of sp³-hybridized carbons (Fsp3) is 0.625. The van der Waals surface area contributed by atoms with E-state index in [1.807, 2.05) is 12.1 Å². The van der Waals surface area contributed by atoms with Crippen molar-refractivity contribution < 1.29 is 39.0 Å². The van der Waals surface area contributed by atoms with Crippen molar-refractivity contribution in [3.63, 3.8) is 0 Å². The normalized spacial score (nSPS) is 14.5. The highest BCUT2D eigenvalue weighted by molar-refractivity contribution is 6.32. The average Bonchev–Trinajstić information content (AvgIpc) is 2.55. The molecule has 0 saturated carbocycles. The van der Waals surface area contributed by atoms with Crippen LogP contribution in [0.25, 0.3) is 0 Å². The van der Waals surface area contributed by atoms with Gasteiger partial charge in [0.2, 0.25) is 0 Å². The standard InChI is InChI=1S/C16H25ClN2O3.2ClH/c1-20-15-11-13(10-14(17)16(15)21-2)12-18-4-3-5-19-6-8-22-9-7-19;;/h10-11,18H,3-9,12H2,1-2H3;2*1H/p-2. The van der Waals surface area contributed by atoms with Crippen LogP contribution in [-0.2, 0) is 11.3 Å². The first-order chi connectivity index (χ1) is 10.7. The highest BCUT2D eigenvalue weighted by Gasteiger charge is 2.11. The van der Waals surface area contributed by atoms with Crippen molar-refractivity contribution in [1.82, 2.24) is 10.2 Å². The molecule has 1 fully saturated rings. The fourth-order valence-corrected chi connectivity index (χ4v) is 2.87. The molecular formula is C16H25Cl3N2O3-2. The number of hydrogen-bond acceptors (Lipinski definition) is 5. The lowest BCUT2D eigenvalue weighted by Gasteiger charge is -2.26. The Bertz CT molecular complexity index is 472. The molecule has 8 heteroatoms. The lowest BCUT2D eigenvalue weighted by atomic mass is 10.2. The fourth-order valence-electron chi connectivity index (χ4n) is 2.56. The van der Waals surface area contributed by atoms with Gasteiger partial charge >= 0.3 is 0 Å². The highest BCUT2D eigenvalue weighted by atomic mass is 35.5. The van der Waals surface area contributed by atoms with Crippen molar-refractivity contribution in [2.75, 3.05) is 53.6 Å². The van der Waals surface area contributed by atoms with E-state index in [-0.39, 0.29) is 24.8 Å². The summed E-state index contributed by atoms with van der Waals surface area (Å²) in [5.41, 5.74) is 1.09. The van der Waals surface area contributed by atoms with Crippen LogP contribution in [0, 0.1) is 0 Å². The molecule has 0 amide bonds. The van der Waals surface area contributed by atoms with E-state index < -0.39 is 0 Å². The van der Waals surface area contributed by atoms with Crippen LogP contribution in [0.4, 0.5) is 0 Å². The maximum absolute atomic E-state index is 6.20. The van der Waals surface area contributed by atoms with E-state index in [0.717, 1.165) is 57.9 Å². The van der Waals surface area contributed by atoms with Crippen LogP contribution in [0.3, 0.4) is 0 Å². The molecule has 5 nitrogen and oxygen atoms in total. The smallest absolute Gasteiger partial charge is 0.179 e. The number of morpholine rings is 1. The molecule has 0 radical (unpaired) electrons. The summed E-state index contributed by atoms with van der Waals surface area (Å²) in [4.78, 5) is 2.44. The van der Waals surface area contributed by atoms with Gasteiger partial charge in [0.15, 0.2) is 11.5 Å². The maximum atomic E-state index is 6.20. The Kier molecular flexibility index (Phi) is 12.6. The van der Waals surface area contributed by atoms with Crippen LogP contribution in [0.2, 0.25) is 5.02 Å². The second kappa shape index (κ2) is 12.9. The Hall–Kier alpha value is -0.430. The number of ether oxygens (including phenoxy) is 3. The molecule has 0 bridgehead atoms. The van der Waals surface area contributed by atoms with E-state index in [9.17, 15) is 0 Å². The van der Waals surface area contributed by atoms with Gasteiger partial charge in [-0.05, 0) is 37.2 Å². The maximum Gasteiger partial charge on any atom is 0.179 e. The molecule has 140 valence electrons. The first-order valence-corrected chi connectivity index (χ1v) is 8.03. The van der Waals surface area contributed by atoms with E-state index in [1.165, 1.54) is 0 Å². The van der Waals surface area contributed by atoms with Gasteiger partial charge in [-0.1, -0.05) is 11.6 Å². The molecule has 1 aromatic carbocycles. The first kappa shape index (κ1) is 23.6. The van der Waals surface area contributed by atoms with E-state index in [4.69, 9.17) is 25.8 Å². The molecule has 1 aliphatic heterocycles. The van der Waals surface area contributed by atoms with Crippen molar-refractivity contribution in [3.05, 3.63) is 22.7 Å². The van der Waals surface area contributed by atoms with Gasteiger partial charge in [0, 0.05) is 19.6 Å². The Morgan fingerprint density at radius 3 is 2.50 bits per heavy atom. The van der Waals surface area contributed by atoms with Gasteiger partial charge in [0.25, 0.3) is 0 Å². The minimum Gasteiger partial charge on any atom is -1.00 e. The summed E-state index contributed by atoms with van der Waals surface area (Å²) in [5, 5.41) is 4.02. The molecule has 0 unspecified atom stereocenters. The third-order valence-electron chi connectivity index (χ3n) is 3.75. The minimum atomic E-state index is 0. The van der Waals surface area contributed by atoms with Crippen LogP contribution in [-0.4, -0.2) is 58.5 Å². The third kappa shape index (κ3) is 7.21. The van der Waals surface area contributed by atoms with Crippen molar-refractivity contribution >= 4 is 11.6 Å². The van der Waals surface area contributed by atoms with E-state index in [1.54, 1.807) is 14.2 Å². The minimum absolute atomic E-state index is 0. The summed E-state index contributed by atoms with van der Waals surface area (Å²) in [5.74, 6) is 1.25. The summed E-state index contributed by atoms with van der Waals surface area (Å²) in [6.07, 6.45) is 1.13. The average molecular weight is 400 g/mol. The summed E-state index contributed by atoms with van der Waals surface area (Å²) in [6.45, 7) is 6.67. The Morgan fingerprint density at radius 2 is 1.88 bits per heavy atom. The summed E-state index contributed by atoms with van der Waals surface area (Å²) in [7, 11) is 3.21. The summed E-state index contributed by atoms with van der Waals surface area (Å²) < 4.78 is 15.9. The van der Waals surface area contributed by atoms with Gasteiger partial charge in [0.1, 0.15) is 0 Å². The lowest BCUT2D eigenvalue weighted by Crippen LogP contribution is -3.00. The molecule has 24 heavy (non-hydrogen) atoms. The zero-order valence-corrected chi connectivity index (χ0v) is 16.4. The molecule has 2 rings (SSSR count). The third-order valence-corrected chi connectivity index (χ3v) is 4.03. The lowest BCUT2D eigenvalue weighted by molar-refractivity contribution is -0.001000. The van der Waals surface area contributed by atoms with Crippen LogP contribution in [0.1, 0.15) is 12.0 Å². The van der Waals surface area contributed by atoms with E-state index >= 15 is 0 Å². The Labute approximate surface area is 161 Å². The molecule has 0 aromatic heterocycles. The number of methoxy groups -OCH3 is 2. The zero-order valence-electron chi connectivity index (χ0n) is 14.1. The Balaban J connectivity index is 0.00000264. The van der Waals surface area contributed by atoms with Gasteiger partial charge in [-0.2, -0.15) is 0 Å². The second-order valence-corrected chi connectivity index (χ2v) is 5.70. The number of nitrogens with zero attached hydrogens (tertiary/aromatic N) is 1. The summed E-state index contributed by atoms with van der Waals surface area (Å²) >= 11 is 6.20. The van der Waals surface area contributed by atoms with Gasteiger partial charge in [-0.3, -0.25) is 4.90 Å². The Morgan fingerprint density at radius 1 is 1.17 bits per heavy atom. The molecule has 0 spiro atoms. The molecule has 1 saturated heterocycles. The monoisotopic (exact) mass is 398 g/mol. The van der Waals surface area contributed by atoms with Crippen LogP contribution in [0.15, 0.2) is 12.1 Å². The predicted octanol–water partition coefficient (Wildman–Crippen LogP) is -3.82. The van der Waals surface area contributed by atoms with Crippen LogP contribution >= 0.6 is 11.6 Å². The zero-order chi connectivity index (χ0) is 15.8. The number of hydrogen-bond donors (Lipinski definition) is 1. The van der Waals surface area contributed by atoms with E-state index in [2.05, 4.69) is 10.2 Å². The van der Waals surface area contributed by atoms with Crippen molar-refractivity contribution in [2.45, 2.75) is 13.0 Å². The van der Waals surface area contributed by atoms with Gasteiger partial charge in [0.05, 0.1) is 32.5 Å². The molecule has 1 aromatic rings. The second-order valence-electron chi connectivity index (χ2n) is 5.30. The molecule has 1 aliphatic rings. The molecular weight excluding hydrogens is 375 g/mol. The van der Waals surface area contributed by atoms with Crippen molar-refractivity contribution in [3.8, 4) is 11.5 Å². The largest absolute Gasteiger partial charge is 1.00 e. The highest BCUT2D eigenvalue weighted by Crippen LogP contribution is 2.35.